The van der Waals surface area contributed by atoms with Crippen LogP contribution in [0.3, 0.4) is 0 Å². The number of hydrogen-bond acceptors (Lipinski definition) is 4. The van der Waals surface area contributed by atoms with Crippen LogP contribution in [0.15, 0.2) is 6.07 Å². The number of nitrogens with two attached hydrogens (primary N) is 1. The summed E-state index contributed by atoms with van der Waals surface area (Å²) in [7, 11) is 1.60. The molecule has 0 amide bonds. The fourth-order valence-electron chi connectivity index (χ4n) is 2.16. The molecule has 5 heteroatoms. The Kier molecular flexibility index (Phi) is 4.11. The number of halogens is 1. The molecule has 4 nitrogen and oxygen atoms in total. The third-order valence-electron chi connectivity index (χ3n) is 2.88. The highest BCUT2D eigenvalue weighted by atomic mass is 35.5. The number of rotatable bonds is 3. The Balaban J connectivity index is 2.55. The van der Waals surface area contributed by atoms with E-state index in [1.54, 1.807) is 13.2 Å². The van der Waals surface area contributed by atoms with Crippen LogP contribution in [-0.2, 0) is 6.42 Å². The molecule has 0 fully saturated rings. The van der Waals surface area contributed by atoms with Crippen LogP contribution in [0.2, 0.25) is 5.02 Å². The molecular weight excluding hydrogens is 266 g/mol. The Morgan fingerprint density at radius 1 is 1.37 bits per heavy atom. The molecule has 0 aromatic heterocycles. The molecule has 1 aliphatic rings. The van der Waals surface area contributed by atoms with E-state index >= 15 is 0 Å². The van der Waals surface area contributed by atoms with E-state index in [9.17, 15) is 0 Å². The van der Waals surface area contributed by atoms with Gasteiger partial charge in [0.05, 0.1) is 25.3 Å². The Morgan fingerprint density at radius 3 is 2.68 bits per heavy atom. The standard InChI is InChI=1S/C14H20ClNO3/c1-14(2,16)8-9-12(17-3)10(15)7-11-13(9)19-6-4-5-18-11/h7H,4-6,8,16H2,1-3H3. The zero-order chi connectivity index (χ0) is 14.0. The summed E-state index contributed by atoms with van der Waals surface area (Å²) in [4.78, 5) is 0. The van der Waals surface area contributed by atoms with Crippen molar-refractivity contribution in [2.45, 2.75) is 32.2 Å². The van der Waals surface area contributed by atoms with Crippen LogP contribution in [0.25, 0.3) is 0 Å². The Morgan fingerprint density at radius 2 is 2.05 bits per heavy atom. The van der Waals surface area contributed by atoms with Crippen molar-refractivity contribution in [3.8, 4) is 17.2 Å². The molecule has 0 atom stereocenters. The molecule has 0 saturated heterocycles. The van der Waals surface area contributed by atoms with Crippen molar-refractivity contribution in [1.29, 1.82) is 0 Å². The molecule has 19 heavy (non-hydrogen) atoms. The van der Waals surface area contributed by atoms with Gasteiger partial charge in [-0.05, 0) is 20.3 Å². The first-order valence-corrected chi connectivity index (χ1v) is 6.74. The lowest BCUT2D eigenvalue weighted by Crippen LogP contribution is -2.34. The van der Waals surface area contributed by atoms with E-state index in [4.69, 9.17) is 31.5 Å². The maximum Gasteiger partial charge on any atom is 0.168 e. The minimum atomic E-state index is -0.388. The van der Waals surface area contributed by atoms with Gasteiger partial charge in [0, 0.05) is 23.6 Å². The lowest BCUT2D eigenvalue weighted by molar-refractivity contribution is 0.294. The molecule has 1 aromatic carbocycles. The number of ether oxygens (including phenoxy) is 3. The van der Waals surface area contributed by atoms with Crippen LogP contribution in [0.5, 0.6) is 17.2 Å². The van der Waals surface area contributed by atoms with E-state index in [1.807, 2.05) is 13.8 Å². The molecule has 1 aliphatic heterocycles. The molecule has 0 radical (unpaired) electrons. The molecular formula is C14H20ClNO3. The highest BCUT2D eigenvalue weighted by molar-refractivity contribution is 6.32. The van der Waals surface area contributed by atoms with Crippen molar-refractivity contribution >= 4 is 11.6 Å². The zero-order valence-corrected chi connectivity index (χ0v) is 12.3. The van der Waals surface area contributed by atoms with E-state index in [1.165, 1.54) is 0 Å². The summed E-state index contributed by atoms with van der Waals surface area (Å²) in [6.45, 7) is 5.16. The summed E-state index contributed by atoms with van der Waals surface area (Å²) in [6, 6.07) is 1.74. The van der Waals surface area contributed by atoms with Crippen LogP contribution < -0.4 is 19.9 Å². The molecule has 0 bridgehead atoms. The quantitative estimate of drug-likeness (QED) is 0.928. The molecule has 106 valence electrons. The number of benzene rings is 1. The lowest BCUT2D eigenvalue weighted by Gasteiger charge is -2.23. The number of methoxy groups -OCH3 is 1. The van der Waals surface area contributed by atoms with Gasteiger partial charge in [-0.25, -0.2) is 0 Å². The summed E-state index contributed by atoms with van der Waals surface area (Å²) in [5.74, 6) is 1.99. The fraction of sp³-hybridized carbons (Fsp3) is 0.571. The van der Waals surface area contributed by atoms with Gasteiger partial charge in [0.1, 0.15) is 5.75 Å². The molecule has 0 unspecified atom stereocenters. The second-order valence-corrected chi connectivity index (χ2v) is 5.82. The first-order valence-electron chi connectivity index (χ1n) is 6.36. The first kappa shape index (κ1) is 14.3. The molecule has 0 spiro atoms. The molecule has 0 aliphatic carbocycles. The predicted molar refractivity (Wildman–Crippen MR) is 75.6 cm³/mol. The molecule has 0 saturated carbocycles. The smallest absolute Gasteiger partial charge is 0.168 e. The van der Waals surface area contributed by atoms with Crippen molar-refractivity contribution in [2.24, 2.45) is 5.73 Å². The van der Waals surface area contributed by atoms with Crippen molar-refractivity contribution < 1.29 is 14.2 Å². The monoisotopic (exact) mass is 285 g/mol. The minimum absolute atomic E-state index is 0.388. The third kappa shape index (κ3) is 3.25. The summed E-state index contributed by atoms with van der Waals surface area (Å²) in [5.41, 5.74) is 6.61. The fourth-order valence-corrected chi connectivity index (χ4v) is 2.45. The first-order chi connectivity index (χ1) is 8.92. The molecule has 1 aromatic rings. The van der Waals surface area contributed by atoms with Crippen molar-refractivity contribution in [3.63, 3.8) is 0 Å². The van der Waals surface area contributed by atoms with E-state index in [2.05, 4.69) is 0 Å². The van der Waals surface area contributed by atoms with Crippen LogP contribution in [0, 0.1) is 0 Å². The summed E-state index contributed by atoms with van der Waals surface area (Å²) in [5, 5.41) is 0.519. The lowest BCUT2D eigenvalue weighted by atomic mass is 9.94. The summed E-state index contributed by atoms with van der Waals surface area (Å²) < 4.78 is 16.9. The van der Waals surface area contributed by atoms with E-state index in [-0.39, 0.29) is 5.54 Å². The van der Waals surface area contributed by atoms with Crippen molar-refractivity contribution in [2.75, 3.05) is 20.3 Å². The minimum Gasteiger partial charge on any atom is -0.495 e. The van der Waals surface area contributed by atoms with Gasteiger partial charge in [-0.15, -0.1) is 0 Å². The van der Waals surface area contributed by atoms with Crippen LogP contribution in [-0.4, -0.2) is 25.9 Å². The van der Waals surface area contributed by atoms with Crippen molar-refractivity contribution in [1.82, 2.24) is 0 Å². The molecule has 2 rings (SSSR count). The van der Waals surface area contributed by atoms with Crippen LogP contribution in [0.1, 0.15) is 25.8 Å². The van der Waals surface area contributed by atoms with Crippen LogP contribution in [0.4, 0.5) is 0 Å². The van der Waals surface area contributed by atoms with Gasteiger partial charge in [-0.3, -0.25) is 0 Å². The highest BCUT2D eigenvalue weighted by Gasteiger charge is 2.26. The maximum absolute atomic E-state index is 6.25. The molecule has 1 heterocycles. The SMILES string of the molecule is COc1c(Cl)cc2c(c1CC(C)(C)N)OCCCO2. The Labute approximate surface area is 118 Å². The summed E-state index contributed by atoms with van der Waals surface area (Å²) in [6.07, 6.45) is 1.45. The van der Waals surface area contributed by atoms with Gasteiger partial charge < -0.3 is 19.9 Å². The van der Waals surface area contributed by atoms with Gasteiger partial charge in [-0.2, -0.15) is 0 Å². The van der Waals surface area contributed by atoms with Gasteiger partial charge in [0.2, 0.25) is 0 Å². The molecule has 2 N–H and O–H groups in total. The Bertz CT molecular complexity index is 469. The summed E-state index contributed by atoms with van der Waals surface area (Å²) >= 11 is 6.25. The average molecular weight is 286 g/mol. The second kappa shape index (κ2) is 5.47. The third-order valence-corrected chi connectivity index (χ3v) is 3.16. The van der Waals surface area contributed by atoms with Gasteiger partial charge >= 0.3 is 0 Å². The average Bonchev–Trinajstić information content (AvgIpc) is 2.52. The number of hydrogen-bond donors (Lipinski definition) is 1. The maximum atomic E-state index is 6.25. The van der Waals surface area contributed by atoms with Gasteiger partial charge in [-0.1, -0.05) is 11.6 Å². The second-order valence-electron chi connectivity index (χ2n) is 5.41. The van der Waals surface area contributed by atoms with E-state index in [0.717, 1.165) is 12.0 Å². The van der Waals surface area contributed by atoms with E-state index in [0.29, 0.717) is 41.9 Å². The topological polar surface area (TPSA) is 53.7 Å². The van der Waals surface area contributed by atoms with E-state index < -0.39 is 0 Å². The number of fused-ring (bicyclic) bond motifs is 1. The predicted octanol–water partition coefficient (Wildman–Crippen LogP) is 2.79. The van der Waals surface area contributed by atoms with Crippen molar-refractivity contribution in [3.05, 3.63) is 16.7 Å². The Hall–Kier alpha value is -1.13. The van der Waals surface area contributed by atoms with Gasteiger partial charge in [0.15, 0.2) is 11.5 Å². The largest absolute Gasteiger partial charge is 0.495 e. The zero-order valence-electron chi connectivity index (χ0n) is 11.6. The normalized spacial score (nSPS) is 15.0. The highest BCUT2D eigenvalue weighted by Crippen LogP contribution is 2.45. The van der Waals surface area contributed by atoms with Gasteiger partial charge in [0.25, 0.3) is 0 Å². The van der Waals surface area contributed by atoms with Crippen LogP contribution >= 0.6 is 11.6 Å².